The van der Waals surface area contributed by atoms with E-state index in [-0.39, 0.29) is 0 Å². The fourth-order valence-corrected chi connectivity index (χ4v) is 1.08. The molecule has 2 aromatic rings. The van der Waals surface area contributed by atoms with Gasteiger partial charge >= 0.3 is 0 Å². The molecule has 4 heteroatoms. The van der Waals surface area contributed by atoms with Crippen molar-refractivity contribution >= 4 is 6.29 Å². The molecular formula is C9H6N2O2. The molecule has 0 aliphatic carbocycles. The summed E-state index contributed by atoms with van der Waals surface area (Å²) in [4.78, 5) is 14.7. The summed E-state index contributed by atoms with van der Waals surface area (Å²) < 4.78 is 4.66. The Morgan fingerprint density at radius 2 is 2.38 bits per heavy atom. The van der Waals surface area contributed by atoms with E-state index in [0.29, 0.717) is 16.8 Å². The number of aromatic nitrogens is 2. The van der Waals surface area contributed by atoms with Gasteiger partial charge in [-0.05, 0) is 12.1 Å². The van der Waals surface area contributed by atoms with Crippen LogP contribution >= 0.6 is 0 Å². The largest absolute Gasteiger partial charge is 0.364 e. The molecule has 4 nitrogen and oxygen atoms in total. The van der Waals surface area contributed by atoms with Crippen molar-refractivity contribution in [3.8, 4) is 11.3 Å². The molecule has 64 valence electrons. The molecule has 0 amide bonds. The zero-order valence-corrected chi connectivity index (χ0v) is 6.68. The summed E-state index contributed by atoms with van der Waals surface area (Å²) in [7, 11) is 0. The quantitative estimate of drug-likeness (QED) is 0.648. The summed E-state index contributed by atoms with van der Waals surface area (Å²) in [5.41, 5.74) is 1.84. The van der Waals surface area contributed by atoms with Crippen LogP contribution in [0, 0.1) is 0 Å². The Labute approximate surface area is 74.2 Å². The smallest absolute Gasteiger partial charge is 0.152 e. The van der Waals surface area contributed by atoms with E-state index < -0.39 is 0 Å². The maximum absolute atomic E-state index is 10.6. The molecule has 2 heterocycles. The van der Waals surface area contributed by atoms with E-state index in [9.17, 15) is 4.79 Å². The fourth-order valence-electron chi connectivity index (χ4n) is 1.08. The van der Waals surface area contributed by atoms with E-state index >= 15 is 0 Å². The minimum atomic E-state index is 0.533. The van der Waals surface area contributed by atoms with Crippen LogP contribution in [0.2, 0.25) is 0 Å². The molecule has 0 aliphatic heterocycles. The first-order chi connectivity index (χ1) is 6.42. The second-order valence-corrected chi connectivity index (χ2v) is 2.47. The van der Waals surface area contributed by atoms with Crippen LogP contribution in [0.3, 0.4) is 0 Å². The van der Waals surface area contributed by atoms with Crippen molar-refractivity contribution in [2.45, 2.75) is 0 Å². The van der Waals surface area contributed by atoms with Gasteiger partial charge in [0.25, 0.3) is 0 Å². The SMILES string of the molecule is O=Cc1cccnc1-c1cnoc1. The van der Waals surface area contributed by atoms with Gasteiger partial charge in [-0.25, -0.2) is 0 Å². The predicted octanol–water partition coefficient (Wildman–Crippen LogP) is 1.55. The van der Waals surface area contributed by atoms with Crippen LogP contribution in [-0.4, -0.2) is 16.4 Å². The second-order valence-electron chi connectivity index (χ2n) is 2.47. The molecule has 0 N–H and O–H groups in total. The lowest BCUT2D eigenvalue weighted by atomic mass is 10.1. The second kappa shape index (κ2) is 3.18. The molecule has 0 aliphatic rings. The van der Waals surface area contributed by atoms with Gasteiger partial charge in [0.2, 0.25) is 0 Å². The van der Waals surface area contributed by atoms with Crippen LogP contribution in [0.25, 0.3) is 11.3 Å². The molecule has 0 saturated carbocycles. The van der Waals surface area contributed by atoms with Crippen molar-refractivity contribution in [3.63, 3.8) is 0 Å². The van der Waals surface area contributed by atoms with Crippen molar-refractivity contribution in [1.29, 1.82) is 0 Å². The van der Waals surface area contributed by atoms with Crippen LogP contribution in [-0.2, 0) is 0 Å². The molecule has 0 spiro atoms. The number of nitrogens with zero attached hydrogens (tertiary/aromatic N) is 2. The number of pyridine rings is 1. The number of aldehydes is 1. The molecule has 0 saturated heterocycles. The van der Waals surface area contributed by atoms with Gasteiger partial charge in [0.15, 0.2) is 6.29 Å². The highest BCUT2D eigenvalue weighted by molar-refractivity contribution is 5.84. The lowest BCUT2D eigenvalue weighted by Gasteiger charge is -1.97. The highest BCUT2D eigenvalue weighted by Gasteiger charge is 2.06. The standard InChI is InChI=1S/C9H6N2O2/c12-5-7-2-1-3-10-9(7)8-4-11-13-6-8/h1-6H. The first kappa shape index (κ1) is 7.67. The van der Waals surface area contributed by atoms with Gasteiger partial charge in [-0.15, -0.1) is 0 Å². The number of hydrogen-bond donors (Lipinski definition) is 0. The third-order valence-corrected chi connectivity index (χ3v) is 1.67. The zero-order chi connectivity index (χ0) is 9.10. The van der Waals surface area contributed by atoms with Crippen LogP contribution in [0.1, 0.15) is 10.4 Å². The van der Waals surface area contributed by atoms with E-state index in [1.807, 2.05) is 0 Å². The van der Waals surface area contributed by atoms with E-state index in [1.54, 1.807) is 18.3 Å². The van der Waals surface area contributed by atoms with Gasteiger partial charge in [0.1, 0.15) is 6.26 Å². The van der Waals surface area contributed by atoms with Gasteiger partial charge in [-0.2, -0.15) is 0 Å². The topological polar surface area (TPSA) is 56.0 Å². The van der Waals surface area contributed by atoms with Crippen molar-refractivity contribution in [2.24, 2.45) is 0 Å². The van der Waals surface area contributed by atoms with Gasteiger partial charge in [-0.1, -0.05) is 5.16 Å². The minimum absolute atomic E-state index is 0.533. The van der Waals surface area contributed by atoms with Gasteiger partial charge in [-0.3, -0.25) is 9.78 Å². The summed E-state index contributed by atoms with van der Waals surface area (Å²) in [6, 6.07) is 3.41. The molecule has 0 radical (unpaired) electrons. The third-order valence-electron chi connectivity index (χ3n) is 1.67. The molecule has 2 aromatic heterocycles. The average Bonchev–Trinajstić information content (AvgIpc) is 2.70. The first-order valence-corrected chi connectivity index (χ1v) is 3.72. The normalized spacial score (nSPS) is 9.85. The Kier molecular flexibility index (Phi) is 1.88. The molecule has 0 fully saturated rings. The van der Waals surface area contributed by atoms with Crippen LogP contribution < -0.4 is 0 Å². The number of hydrogen-bond acceptors (Lipinski definition) is 4. The van der Waals surface area contributed by atoms with Crippen molar-refractivity contribution < 1.29 is 9.32 Å². The van der Waals surface area contributed by atoms with Gasteiger partial charge < -0.3 is 4.52 Å². The van der Waals surface area contributed by atoms with Crippen LogP contribution in [0.4, 0.5) is 0 Å². The molecule has 0 aromatic carbocycles. The number of rotatable bonds is 2. The van der Waals surface area contributed by atoms with Crippen molar-refractivity contribution in [3.05, 3.63) is 36.4 Å². The summed E-state index contributed by atoms with van der Waals surface area (Å²) in [5, 5.41) is 3.54. The Bertz CT molecular complexity index is 409. The van der Waals surface area contributed by atoms with Gasteiger partial charge in [0.05, 0.1) is 17.5 Å². The maximum Gasteiger partial charge on any atom is 0.152 e. The third kappa shape index (κ3) is 1.33. The molecule has 0 atom stereocenters. The molecular weight excluding hydrogens is 168 g/mol. The lowest BCUT2D eigenvalue weighted by molar-refractivity contribution is 0.112. The summed E-state index contributed by atoms with van der Waals surface area (Å²) in [5.74, 6) is 0. The monoisotopic (exact) mass is 174 g/mol. The Morgan fingerprint density at radius 3 is 3.08 bits per heavy atom. The minimum Gasteiger partial charge on any atom is -0.364 e. The first-order valence-electron chi connectivity index (χ1n) is 3.72. The van der Waals surface area contributed by atoms with Crippen LogP contribution in [0.5, 0.6) is 0 Å². The fraction of sp³-hybridized carbons (Fsp3) is 0. The highest BCUT2D eigenvalue weighted by atomic mass is 16.5. The van der Waals surface area contributed by atoms with Crippen molar-refractivity contribution in [1.82, 2.24) is 10.1 Å². The van der Waals surface area contributed by atoms with Crippen LogP contribution in [0.15, 0.2) is 35.3 Å². The summed E-state index contributed by atoms with van der Waals surface area (Å²) >= 11 is 0. The van der Waals surface area contributed by atoms with E-state index in [4.69, 9.17) is 0 Å². The van der Waals surface area contributed by atoms with Crippen molar-refractivity contribution in [2.75, 3.05) is 0 Å². The average molecular weight is 174 g/mol. The summed E-state index contributed by atoms with van der Waals surface area (Å²) in [6.07, 6.45) is 5.36. The Morgan fingerprint density at radius 1 is 1.46 bits per heavy atom. The maximum atomic E-state index is 10.6. The van der Waals surface area contributed by atoms with E-state index in [0.717, 1.165) is 6.29 Å². The lowest BCUT2D eigenvalue weighted by Crippen LogP contribution is -1.88. The molecule has 2 rings (SSSR count). The molecule has 0 bridgehead atoms. The highest BCUT2D eigenvalue weighted by Crippen LogP contribution is 2.18. The summed E-state index contributed by atoms with van der Waals surface area (Å²) in [6.45, 7) is 0. The van der Waals surface area contributed by atoms with E-state index in [1.165, 1.54) is 12.5 Å². The zero-order valence-electron chi connectivity index (χ0n) is 6.68. The van der Waals surface area contributed by atoms with Gasteiger partial charge in [0, 0.05) is 11.8 Å². The number of carbonyl (C=O) groups is 1. The Balaban J connectivity index is 2.57. The van der Waals surface area contributed by atoms with E-state index in [2.05, 4.69) is 14.7 Å². The predicted molar refractivity (Wildman–Crippen MR) is 45.1 cm³/mol. The molecule has 13 heavy (non-hydrogen) atoms. The number of carbonyl (C=O) groups excluding carboxylic acids is 1. The Hall–Kier alpha value is -1.97. The molecule has 0 unspecified atom stereocenters.